The van der Waals surface area contributed by atoms with Crippen molar-refractivity contribution in [2.75, 3.05) is 36.2 Å². The molecule has 2 unspecified atom stereocenters. The van der Waals surface area contributed by atoms with E-state index in [0.29, 0.717) is 12.8 Å². The average Bonchev–Trinajstić information content (AvgIpc) is 2.73. The van der Waals surface area contributed by atoms with Crippen molar-refractivity contribution < 1.29 is 25.9 Å². The van der Waals surface area contributed by atoms with Crippen LogP contribution < -0.4 is 10.6 Å². The van der Waals surface area contributed by atoms with Crippen LogP contribution in [-0.4, -0.2) is 62.1 Å². The first-order valence-corrected chi connectivity index (χ1v) is 17.3. The summed E-state index contributed by atoms with van der Waals surface area (Å²) in [5, 5.41) is 2.49. The second-order valence-corrected chi connectivity index (χ2v) is 15.8. The van der Waals surface area contributed by atoms with Gasteiger partial charge in [-0.25, -0.2) is 0 Å². The Labute approximate surface area is 194 Å². The molecular formula is C22H32O6P2S2. The third-order valence-electron chi connectivity index (χ3n) is 5.01. The van der Waals surface area contributed by atoms with E-state index in [-0.39, 0.29) is 11.5 Å². The number of hydrogen-bond acceptors (Lipinski definition) is 4. The zero-order valence-electron chi connectivity index (χ0n) is 18.1. The van der Waals surface area contributed by atoms with Gasteiger partial charge in [-0.15, -0.1) is 0 Å². The Morgan fingerprint density at radius 2 is 0.844 bits per heavy atom. The van der Waals surface area contributed by atoms with Gasteiger partial charge >= 0.3 is 0 Å². The molecule has 0 spiro atoms. The molecular weight excluding hydrogens is 486 g/mol. The lowest BCUT2D eigenvalue weighted by Crippen LogP contribution is -2.12. The smallest absolute Gasteiger partial charge is 0.264 e. The highest BCUT2D eigenvalue weighted by Gasteiger charge is 2.15. The molecule has 2 N–H and O–H groups in total. The van der Waals surface area contributed by atoms with Crippen LogP contribution in [0.2, 0.25) is 0 Å². The molecule has 0 saturated heterocycles. The number of rotatable bonds is 15. The van der Waals surface area contributed by atoms with E-state index in [0.717, 1.165) is 37.5 Å². The van der Waals surface area contributed by atoms with E-state index in [2.05, 4.69) is 24.3 Å². The second-order valence-electron chi connectivity index (χ2n) is 7.63. The highest BCUT2D eigenvalue weighted by Crippen LogP contribution is 2.39. The summed E-state index contributed by atoms with van der Waals surface area (Å²) >= 11 is 0. The first-order valence-electron chi connectivity index (χ1n) is 10.6. The van der Waals surface area contributed by atoms with E-state index in [4.69, 9.17) is 9.11 Å². The summed E-state index contributed by atoms with van der Waals surface area (Å²) in [4.78, 5) is 0. The average molecular weight is 519 g/mol. The van der Waals surface area contributed by atoms with Crippen molar-refractivity contribution in [1.29, 1.82) is 0 Å². The van der Waals surface area contributed by atoms with Gasteiger partial charge in [-0.2, -0.15) is 16.8 Å². The molecule has 2 aromatic carbocycles. The third-order valence-corrected chi connectivity index (χ3v) is 12.1. The molecule has 2 rings (SSSR count). The molecule has 0 amide bonds. The first-order chi connectivity index (χ1) is 15.1. The van der Waals surface area contributed by atoms with Gasteiger partial charge in [-0.05, 0) is 60.9 Å². The summed E-state index contributed by atoms with van der Waals surface area (Å²) in [6, 6.07) is 20.3. The van der Waals surface area contributed by atoms with E-state index in [1.165, 1.54) is 10.6 Å². The third kappa shape index (κ3) is 11.8. The van der Waals surface area contributed by atoms with Gasteiger partial charge in [-0.1, -0.05) is 76.5 Å². The molecule has 0 aliphatic rings. The second kappa shape index (κ2) is 13.7. The van der Waals surface area contributed by atoms with Crippen LogP contribution in [0.3, 0.4) is 0 Å². The zero-order valence-corrected chi connectivity index (χ0v) is 21.5. The normalized spacial score (nSPS) is 14.2. The number of benzene rings is 2. The molecule has 0 fully saturated rings. The highest BCUT2D eigenvalue weighted by molar-refractivity contribution is 7.86. The molecule has 0 aromatic heterocycles. The molecule has 0 aliphatic heterocycles. The van der Waals surface area contributed by atoms with Gasteiger partial charge in [-0.3, -0.25) is 9.11 Å². The SMILES string of the molecule is O=S(=O)(O)CCCP(CCCCP(CCCS(=O)(=O)O)c1ccccc1)c1ccccc1. The van der Waals surface area contributed by atoms with Crippen LogP contribution in [0.4, 0.5) is 0 Å². The minimum Gasteiger partial charge on any atom is -0.286 e. The standard InChI is InChI=1S/C22H32O6P2S2/c23-31(24,25)19-9-17-29(21-11-3-1-4-12-21)15-7-8-16-30(18-10-20-32(26,27)28)22-13-5-2-6-14-22/h1-6,11-14H,7-10,15-20H2,(H,23,24,25)(H,26,27,28). The van der Waals surface area contributed by atoms with Gasteiger partial charge in [0.05, 0.1) is 11.5 Å². The maximum absolute atomic E-state index is 11.1. The molecule has 6 nitrogen and oxygen atoms in total. The Hall–Kier alpha value is -0.880. The van der Waals surface area contributed by atoms with Crippen LogP contribution in [0.15, 0.2) is 60.7 Å². The van der Waals surface area contributed by atoms with Gasteiger partial charge < -0.3 is 0 Å². The fraction of sp³-hybridized carbons (Fsp3) is 0.455. The molecule has 2 aromatic rings. The number of unbranched alkanes of at least 4 members (excludes halogenated alkanes) is 1. The van der Waals surface area contributed by atoms with Crippen molar-refractivity contribution in [3.05, 3.63) is 60.7 Å². The van der Waals surface area contributed by atoms with Crippen molar-refractivity contribution in [2.24, 2.45) is 0 Å². The maximum atomic E-state index is 11.1. The molecule has 10 heteroatoms. The highest BCUT2D eigenvalue weighted by atomic mass is 32.2. The van der Waals surface area contributed by atoms with E-state index in [9.17, 15) is 16.8 Å². The fourth-order valence-electron chi connectivity index (χ4n) is 3.50. The predicted octanol–water partition coefficient (Wildman–Crippen LogP) is 3.94. The van der Waals surface area contributed by atoms with Gasteiger partial charge in [0.25, 0.3) is 20.2 Å². The predicted molar refractivity (Wildman–Crippen MR) is 137 cm³/mol. The lowest BCUT2D eigenvalue weighted by atomic mass is 10.4. The van der Waals surface area contributed by atoms with Crippen LogP contribution >= 0.6 is 15.8 Å². The summed E-state index contributed by atoms with van der Waals surface area (Å²) in [5.74, 6) is -0.405. The monoisotopic (exact) mass is 518 g/mol. The Bertz CT molecular complexity index is 916. The first kappa shape index (κ1) is 27.4. The van der Waals surface area contributed by atoms with E-state index < -0.39 is 36.1 Å². The Kier molecular flexibility index (Phi) is 11.7. The lowest BCUT2D eigenvalue weighted by molar-refractivity contribution is 0.480. The van der Waals surface area contributed by atoms with Gasteiger partial charge in [0.15, 0.2) is 0 Å². The summed E-state index contributed by atoms with van der Waals surface area (Å²) in [6.07, 6.45) is 6.44. The summed E-state index contributed by atoms with van der Waals surface area (Å²) < 4.78 is 62.4. The lowest BCUT2D eigenvalue weighted by Gasteiger charge is -2.20. The number of hydrogen-bond donors (Lipinski definition) is 2. The van der Waals surface area contributed by atoms with Gasteiger partial charge in [0.2, 0.25) is 0 Å². The maximum Gasteiger partial charge on any atom is 0.264 e. The molecule has 0 bridgehead atoms. The minimum absolute atomic E-state index is 0.203. The van der Waals surface area contributed by atoms with Crippen molar-refractivity contribution in [2.45, 2.75) is 25.7 Å². The molecule has 0 heterocycles. The van der Waals surface area contributed by atoms with Crippen molar-refractivity contribution >= 4 is 46.7 Å². The minimum atomic E-state index is -3.94. The summed E-state index contributed by atoms with van der Waals surface area (Å²) in [7, 11) is -8.87. The molecule has 0 aliphatic carbocycles. The molecule has 0 radical (unpaired) electrons. The molecule has 178 valence electrons. The van der Waals surface area contributed by atoms with E-state index in [1.807, 2.05) is 36.4 Å². The topological polar surface area (TPSA) is 109 Å². The van der Waals surface area contributed by atoms with Crippen LogP contribution in [0.5, 0.6) is 0 Å². The van der Waals surface area contributed by atoms with E-state index >= 15 is 0 Å². The van der Waals surface area contributed by atoms with Gasteiger partial charge in [0, 0.05) is 0 Å². The van der Waals surface area contributed by atoms with Crippen molar-refractivity contribution in [3.63, 3.8) is 0 Å². The zero-order chi connectivity index (χ0) is 23.5. The van der Waals surface area contributed by atoms with Crippen molar-refractivity contribution in [3.8, 4) is 0 Å². The van der Waals surface area contributed by atoms with E-state index in [1.54, 1.807) is 0 Å². The van der Waals surface area contributed by atoms with Crippen LogP contribution in [-0.2, 0) is 20.2 Å². The largest absolute Gasteiger partial charge is 0.286 e. The summed E-state index contributed by atoms with van der Waals surface area (Å²) in [6.45, 7) is 0. The van der Waals surface area contributed by atoms with Crippen molar-refractivity contribution in [1.82, 2.24) is 0 Å². The Morgan fingerprint density at radius 1 is 0.531 bits per heavy atom. The summed E-state index contributed by atoms with van der Waals surface area (Å²) in [5.41, 5.74) is 0. The Morgan fingerprint density at radius 3 is 1.16 bits per heavy atom. The molecule has 0 saturated carbocycles. The van der Waals surface area contributed by atoms with Gasteiger partial charge in [0.1, 0.15) is 0 Å². The molecule has 2 atom stereocenters. The van der Waals surface area contributed by atoms with Crippen LogP contribution in [0.25, 0.3) is 0 Å². The van der Waals surface area contributed by atoms with Crippen LogP contribution in [0.1, 0.15) is 25.7 Å². The fourth-order valence-corrected chi connectivity index (χ4v) is 9.90. The van der Waals surface area contributed by atoms with Crippen LogP contribution in [0, 0.1) is 0 Å². The quantitative estimate of drug-likeness (QED) is 0.210. The molecule has 32 heavy (non-hydrogen) atoms. The Balaban J connectivity index is 1.91.